The van der Waals surface area contributed by atoms with Gasteiger partial charge in [0, 0.05) is 19.4 Å². The molecule has 0 atom stereocenters. The molecule has 1 aromatic heterocycles. The van der Waals surface area contributed by atoms with Crippen LogP contribution in [0.15, 0.2) is 54.9 Å². The summed E-state index contributed by atoms with van der Waals surface area (Å²) in [5.41, 5.74) is 0.540. The fourth-order valence-electron chi connectivity index (χ4n) is 2.87. The Morgan fingerprint density at radius 1 is 1.12 bits per heavy atom. The first kappa shape index (κ1) is 18.0. The quantitative estimate of drug-likeness (QED) is 0.695. The third-order valence-corrected chi connectivity index (χ3v) is 4.15. The predicted molar refractivity (Wildman–Crippen MR) is 103 cm³/mol. The number of ether oxygens (including phenoxy) is 1. The Labute approximate surface area is 154 Å². The highest BCUT2D eigenvalue weighted by molar-refractivity contribution is 5.86. The van der Waals surface area contributed by atoms with E-state index in [1.807, 2.05) is 56.8 Å². The maximum Gasteiger partial charge on any atom is 0.410 e. The number of fused-ring (bicyclic) bond motifs is 1. The van der Waals surface area contributed by atoms with Crippen molar-refractivity contribution in [3.05, 3.63) is 66.2 Å². The van der Waals surface area contributed by atoms with Gasteiger partial charge in [-0.1, -0.05) is 42.5 Å². The standard InChI is InChI=1S/C21H25N3O2/c1-21(2,3)26-20(25)24(15-19-22-12-13-23(19)4)14-17-10-7-9-16-8-5-6-11-18(16)17/h5-13H,14-15H2,1-4H3. The molecule has 0 unspecified atom stereocenters. The lowest BCUT2D eigenvalue weighted by Crippen LogP contribution is -2.36. The summed E-state index contributed by atoms with van der Waals surface area (Å²) in [7, 11) is 1.92. The molecule has 5 heteroatoms. The molecule has 0 saturated carbocycles. The van der Waals surface area contributed by atoms with Crippen LogP contribution in [0, 0.1) is 0 Å². The van der Waals surface area contributed by atoms with E-state index >= 15 is 0 Å². The van der Waals surface area contributed by atoms with Gasteiger partial charge < -0.3 is 9.30 Å². The molecule has 5 nitrogen and oxygen atoms in total. The Bertz CT molecular complexity index is 904. The topological polar surface area (TPSA) is 47.4 Å². The van der Waals surface area contributed by atoms with Gasteiger partial charge in [-0.25, -0.2) is 9.78 Å². The lowest BCUT2D eigenvalue weighted by atomic mass is 10.0. The van der Waals surface area contributed by atoms with Gasteiger partial charge in [0.05, 0.1) is 13.1 Å². The summed E-state index contributed by atoms with van der Waals surface area (Å²) < 4.78 is 7.54. The molecule has 26 heavy (non-hydrogen) atoms. The van der Waals surface area contributed by atoms with Gasteiger partial charge in [-0.15, -0.1) is 0 Å². The van der Waals surface area contributed by atoms with Gasteiger partial charge in [0.1, 0.15) is 11.4 Å². The second kappa shape index (κ2) is 7.20. The van der Waals surface area contributed by atoms with Crippen LogP contribution in [0.2, 0.25) is 0 Å². The van der Waals surface area contributed by atoms with Gasteiger partial charge in [0.15, 0.2) is 0 Å². The van der Waals surface area contributed by atoms with Gasteiger partial charge >= 0.3 is 6.09 Å². The zero-order valence-corrected chi connectivity index (χ0v) is 15.8. The summed E-state index contributed by atoms with van der Waals surface area (Å²) in [6.07, 6.45) is 3.27. The van der Waals surface area contributed by atoms with E-state index in [-0.39, 0.29) is 6.09 Å². The third-order valence-electron chi connectivity index (χ3n) is 4.15. The maximum atomic E-state index is 12.8. The molecule has 0 fully saturated rings. The largest absolute Gasteiger partial charge is 0.444 e. The number of aromatic nitrogens is 2. The lowest BCUT2D eigenvalue weighted by Gasteiger charge is -2.27. The summed E-state index contributed by atoms with van der Waals surface area (Å²) in [5, 5.41) is 2.30. The molecule has 3 rings (SSSR count). The number of nitrogens with zero attached hydrogens (tertiary/aromatic N) is 3. The van der Waals surface area contributed by atoms with Crippen molar-refractivity contribution in [1.82, 2.24) is 14.5 Å². The van der Waals surface area contributed by atoms with Crippen molar-refractivity contribution in [2.75, 3.05) is 0 Å². The van der Waals surface area contributed by atoms with E-state index in [0.717, 1.165) is 22.2 Å². The summed E-state index contributed by atoms with van der Waals surface area (Å²) in [6, 6.07) is 14.3. The van der Waals surface area contributed by atoms with E-state index in [2.05, 4.69) is 29.2 Å². The maximum absolute atomic E-state index is 12.8. The van der Waals surface area contributed by atoms with Gasteiger partial charge in [-0.05, 0) is 37.1 Å². The van der Waals surface area contributed by atoms with E-state index in [1.165, 1.54) is 0 Å². The zero-order chi connectivity index (χ0) is 18.7. The summed E-state index contributed by atoms with van der Waals surface area (Å²) in [5.74, 6) is 0.816. The minimum atomic E-state index is -0.546. The van der Waals surface area contributed by atoms with Crippen LogP contribution in [0.1, 0.15) is 32.2 Å². The molecule has 136 valence electrons. The molecule has 0 saturated heterocycles. The molecule has 1 amide bonds. The van der Waals surface area contributed by atoms with Crippen LogP contribution in [0.4, 0.5) is 4.79 Å². The highest BCUT2D eigenvalue weighted by Crippen LogP contribution is 2.22. The van der Waals surface area contributed by atoms with Crippen molar-refractivity contribution < 1.29 is 9.53 Å². The van der Waals surface area contributed by atoms with Gasteiger partial charge in [-0.3, -0.25) is 4.90 Å². The molecule has 0 aliphatic heterocycles. The first-order valence-electron chi connectivity index (χ1n) is 8.74. The minimum absolute atomic E-state index is 0.339. The summed E-state index contributed by atoms with van der Waals surface area (Å²) in [6.45, 7) is 6.48. The highest BCUT2D eigenvalue weighted by Gasteiger charge is 2.24. The van der Waals surface area contributed by atoms with Crippen LogP contribution < -0.4 is 0 Å². The molecular weight excluding hydrogens is 326 g/mol. The SMILES string of the molecule is Cn1ccnc1CN(Cc1cccc2ccccc12)C(=O)OC(C)(C)C. The predicted octanol–water partition coefficient (Wildman–Crippen LogP) is 4.51. The van der Waals surface area contributed by atoms with Gasteiger partial charge in [-0.2, -0.15) is 0 Å². The number of carbonyl (C=O) groups excluding carboxylic acids is 1. The normalized spacial score (nSPS) is 11.5. The molecule has 2 aromatic carbocycles. The van der Waals surface area contributed by atoms with E-state index < -0.39 is 5.60 Å². The number of benzene rings is 2. The molecule has 0 bridgehead atoms. The fraction of sp³-hybridized carbons (Fsp3) is 0.333. The van der Waals surface area contributed by atoms with Crippen LogP contribution in [0.3, 0.4) is 0 Å². The Morgan fingerprint density at radius 3 is 2.54 bits per heavy atom. The van der Waals surface area contributed by atoms with E-state index in [1.54, 1.807) is 11.1 Å². The fourth-order valence-corrected chi connectivity index (χ4v) is 2.87. The Hall–Kier alpha value is -2.82. The van der Waals surface area contributed by atoms with Gasteiger partial charge in [0.25, 0.3) is 0 Å². The van der Waals surface area contributed by atoms with Crippen LogP contribution in [0.25, 0.3) is 10.8 Å². The third kappa shape index (κ3) is 4.23. The number of hydrogen-bond donors (Lipinski definition) is 0. The van der Waals surface area contributed by atoms with E-state index in [4.69, 9.17) is 4.74 Å². The molecule has 0 aliphatic rings. The first-order valence-corrected chi connectivity index (χ1v) is 8.74. The van der Waals surface area contributed by atoms with Crippen LogP contribution in [-0.2, 0) is 24.9 Å². The number of carbonyl (C=O) groups is 1. The molecule has 0 N–H and O–H groups in total. The monoisotopic (exact) mass is 351 g/mol. The van der Waals surface area contributed by atoms with Crippen LogP contribution in [0.5, 0.6) is 0 Å². The number of amides is 1. The van der Waals surface area contributed by atoms with Crippen LogP contribution in [-0.4, -0.2) is 26.1 Å². The highest BCUT2D eigenvalue weighted by atomic mass is 16.6. The molecule has 0 aliphatic carbocycles. The molecule has 0 spiro atoms. The first-order chi connectivity index (χ1) is 12.3. The smallest absolute Gasteiger partial charge is 0.410 e. The Balaban J connectivity index is 1.91. The number of rotatable bonds is 4. The molecular formula is C21H25N3O2. The van der Waals surface area contributed by atoms with Crippen molar-refractivity contribution in [3.63, 3.8) is 0 Å². The van der Waals surface area contributed by atoms with Crippen molar-refractivity contribution in [3.8, 4) is 0 Å². The van der Waals surface area contributed by atoms with Crippen LogP contribution >= 0.6 is 0 Å². The van der Waals surface area contributed by atoms with Gasteiger partial charge in [0.2, 0.25) is 0 Å². The number of aryl methyl sites for hydroxylation is 1. The van der Waals surface area contributed by atoms with Crippen molar-refractivity contribution in [2.24, 2.45) is 7.05 Å². The molecule has 1 heterocycles. The summed E-state index contributed by atoms with van der Waals surface area (Å²) >= 11 is 0. The second-order valence-corrected chi connectivity index (χ2v) is 7.43. The lowest BCUT2D eigenvalue weighted by molar-refractivity contribution is 0.0211. The molecule has 3 aromatic rings. The van der Waals surface area contributed by atoms with Crippen molar-refractivity contribution in [1.29, 1.82) is 0 Å². The average molecular weight is 351 g/mol. The summed E-state index contributed by atoms with van der Waals surface area (Å²) in [4.78, 5) is 18.9. The second-order valence-electron chi connectivity index (χ2n) is 7.43. The number of hydrogen-bond acceptors (Lipinski definition) is 3. The zero-order valence-electron chi connectivity index (χ0n) is 15.8. The van der Waals surface area contributed by atoms with Crippen molar-refractivity contribution >= 4 is 16.9 Å². The van der Waals surface area contributed by atoms with Crippen molar-refractivity contribution in [2.45, 2.75) is 39.5 Å². The van der Waals surface area contributed by atoms with E-state index in [0.29, 0.717) is 13.1 Å². The Kier molecular flexibility index (Phi) is 4.98. The van der Waals surface area contributed by atoms with E-state index in [9.17, 15) is 4.79 Å². The minimum Gasteiger partial charge on any atom is -0.444 e. The average Bonchev–Trinajstić information content (AvgIpc) is 2.98. The Morgan fingerprint density at radius 2 is 1.85 bits per heavy atom. The number of imidazole rings is 1. The molecule has 0 radical (unpaired) electrons.